The topological polar surface area (TPSA) is 116 Å². The van der Waals surface area contributed by atoms with Crippen LogP contribution < -0.4 is 11.1 Å². The van der Waals surface area contributed by atoms with Gasteiger partial charge < -0.3 is 26.4 Å². The molecule has 0 atom stereocenters. The molecule has 0 heterocycles. The Morgan fingerprint density at radius 1 is 1.41 bits per heavy atom. The van der Waals surface area contributed by atoms with Crippen LogP contribution in [0.25, 0.3) is 0 Å². The van der Waals surface area contributed by atoms with Crippen molar-refractivity contribution in [2.24, 2.45) is 0 Å². The molecule has 0 spiro atoms. The average Bonchev–Trinajstić information content (AvgIpc) is 2.32. The number of anilines is 1. The summed E-state index contributed by atoms with van der Waals surface area (Å²) in [5, 5.41) is 30.1. The van der Waals surface area contributed by atoms with Gasteiger partial charge in [-0.3, -0.25) is 4.79 Å². The summed E-state index contributed by atoms with van der Waals surface area (Å²) < 4.78 is 0. The summed E-state index contributed by atoms with van der Waals surface area (Å²) in [6, 6.07) is 4.39. The number of nitrogens with two attached hydrogens (primary N) is 1. The Balaban J connectivity index is 2.94. The molecular weight excluding hydrogens is 224 g/mol. The van der Waals surface area contributed by atoms with E-state index in [2.05, 4.69) is 5.32 Å². The number of hydrogen-bond donors (Lipinski definition) is 5. The first-order valence-corrected chi connectivity index (χ1v) is 5.05. The molecule has 0 aliphatic heterocycles. The summed E-state index contributed by atoms with van der Waals surface area (Å²) in [5.41, 5.74) is 4.40. The second-order valence-electron chi connectivity index (χ2n) is 4.07. The third-order valence-corrected chi connectivity index (χ3v) is 2.43. The fourth-order valence-corrected chi connectivity index (χ4v) is 1.22. The lowest BCUT2D eigenvalue weighted by molar-refractivity contribution is 0.0721. The van der Waals surface area contributed by atoms with Gasteiger partial charge in [0, 0.05) is 0 Å². The summed E-state index contributed by atoms with van der Waals surface area (Å²) in [5.74, 6) is -0.927. The summed E-state index contributed by atoms with van der Waals surface area (Å²) in [4.78, 5) is 11.8. The first-order chi connectivity index (χ1) is 7.93. The van der Waals surface area contributed by atoms with Gasteiger partial charge in [-0.2, -0.15) is 0 Å². The Labute approximate surface area is 98.7 Å². The number of amides is 1. The molecule has 1 amide bonds. The number of benzene rings is 1. The van der Waals surface area contributed by atoms with Gasteiger partial charge >= 0.3 is 0 Å². The number of phenolic OH excluding ortho intramolecular Hbond substituents is 1. The summed E-state index contributed by atoms with van der Waals surface area (Å²) in [6.07, 6.45) is 0. The quantitative estimate of drug-likeness (QED) is 0.357. The second kappa shape index (κ2) is 5.03. The van der Waals surface area contributed by atoms with Crippen LogP contribution in [0, 0.1) is 0 Å². The van der Waals surface area contributed by atoms with Crippen LogP contribution in [0.1, 0.15) is 17.3 Å². The molecule has 0 saturated heterocycles. The largest absolute Gasteiger partial charge is 0.505 e. The van der Waals surface area contributed by atoms with E-state index < -0.39 is 24.7 Å². The van der Waals surface area contributed by atoms with Crippen molar-refractivity contribution in [1.82, 2.24) is 5.32 Å². The smallest absolute Gasteiger partial charge is 0.255 e. The van der Waals surface area contributed by atoms with Crippen molar-refractivity contribution in [2.75, 3.05) is 18.9 Å². The number of nitrogen functional groups attached to an aromatic ring is 1. The van der Waals surface area contributed by atoms with Gasteiger partial charge in [-0.15, -0.1) is 0 Å². The molecule has 1 rings (SSSR count). The SMILES string of the molecule is CC(CO)(CO)NC(=O)c1cccc(N)c1O. The van der Waals surface area contributed by atoms with E-state index in [0.29, 0.717) is 0 Å². The molecule has 0 unspecified atom stereocenters. The van der Waals surface area contributed by atoms with Crippen LogP contribution >= 0.6 is 0 Å². The maximum atomic E-state index is 11.8. The predicted octanol–water partition coefficient (Wildman–Crippen LogP) is -0.553. The van der Waals surface area contributed by atoms with E-state index in [4.69, 9.17) is 15.9 Å². The Kier molecular flexibility index (Phi) is 3.93. The van der Waals surface area contributed by atoms with Crippen LogP contribution in [0.4, 0.5) is 5.69 Å². The molecular formula is C11H16N2O4. The third kappa shape index (κ3) is 2.86. The lowest BCUT2D eigenvalue weighted by Crippen LogP contribution is -2.51. The predicted molar refractivity (Wildman–Crippen MR) is 62.6 cm³/mol. The molecule has 0 aliphatic carbocycles. The molecule has 0 saturated carbocycles. The zero-order valence-electron chi connectivity index (χ0n) is 9.47. The number of aromatic hydroxyl groups is 1. The first-order valence-electron chi connectivity index (χ1n) is 5.05. The highest BCUT2D eigenvalue weighted by Gasteiger charge is 2.26. The number of rotatable bonds is 4. The molecule has 1 aromatic carbocycles. The van der Waals surface area contributed by atoms with Crippen molar-refractivity contribution >= 4 is 11.6 Å². The van der Waals surface area contributed by atoms with Crippen molar-refractivity contribution < 1.29 is 20.1 Å². The first kappa shape index (κ1) is 13.3. The third-order valence-electron chi connectivity index (χ3n) is 2.43. The highest BCUT2D eigenvalue weighted by atomic mass is 16.3. The summed E-state index contributed by atoms with van der Waals surface area (Å²) in [7, 11) is 0. The molecule has 0 fully saturated rings. The van der Waals surface area contributed by atoms with Crippen molar-refractivity contribution in [3.8, 4) is 5.75 Å². The Bertz CT molecular complexity index is 416. The van der Waals surface area contributed by atoms with E-state index in [1.54, 1.807) is 0 Å². The van der Waals surface area contributed by atoms with Crippen LogP contribution in [0.3, 0.4) is 0 Å². The molecule has 6 nitrogen and oxygen atoms in total. The molecule has 17 heavy (non-hydrogen) atoms. The lowest BCUT2D eigenvalue weighted by Gasteiger charge is -2.26. The summed E-state index contributed by atoms with van der Waals surface area (Å²) in [6.45, 7) is 0.644. The standard InChI is InChI=1S/C11H16N2O4/c1-11(5-14,6-15)13-10(17)7-3-2-4-8(12)9(7)16/h2-4,14-16H,5-6,12H2,1H3,(H,13,17). The molecule has 1 aromatic rings. The number of aliphatic hydroxyl groups excluding tert-OH is 2. The van der Waals surface area contributed by atoms with Crippen molar-refractivity contribution in [1.29, 1.82) is 0 Å². The van der Waals surface area contributed by atoms with Crippen molar-refractivity contribution in [2.45, 2.75) is 12.5 Å². The van der Waals surface area contributed by atoms with Crippen LogP contribution in [0.15, 0.2) is 18.2 Å². The zero-order chi connectivity index (χ0) is 13.1. The highest BCUT2D eigenvalue weighted by molar-refractivity contribution is 5.98. The fourth-order valence-electron chi connectivity index (χ4n) is 1.22. The van der Waals surface area contributed by atoms with Crippen molar-refractivity contribution in [3.05, 3.63) is 23.8 Å². The van der Waals surface area contributed by atoms with Gasteiger partial charge in [0.05, 0.1) is 30.0 Å². The van der Waals surface area contributed by atoms with E-state index >= 15 is 0 Å². The number of carbonyl (C=O) groups is 1. The van der Waals surface area contributed by atoms with Gasteiger partial charge in [0.2, 0.25) is 0 Å². The molecule has 0 aliphatic rings. The van der Waals surface area contributed by atoms with Gasteiger partial charge in [-0.1, -0.05) is 6.07 Å². The van der Waals surface area contributed by atoms with E-state index in [1.165, 1.54) is 25.1 Å². The van der Waals surface area contributed by atoms with Crippen molar-refractivity contribution in [3.63, 3.8) is 0 Å². The average molecular weight is 240 g/mol. The minimum atomic E-state index is -1.14. The van der Waals surface area contributed by atoms with E-state index in [1.807, 2.05) is 0 Å². The number of nitrogens with one attached hydrogen (secondary N) is 1. The number of para-hydroxylation sites is 1. The highest BCUT2D eigenvalue weighted by Crippen LogP contribution is 2.24. The fraction of sp³-hybridized carbons (Fsp3) is 0.364. The normalized spacial score (nSPS) is 11.2. The molecule has 6 heteroatoms. The van der Waals surface area contributed by atoms with Gasteiger partial charge in [-0.05, 0) is 19.1 Å². The monoisotopic (exact) mass is 240 g/mol. The second-order valence-corrected chi connectivity index (χ2v) is 4.07. The van der Waals surface area contributed by atoms with Crippen LogP contribution in [-0.2, 0) is 0 Å². The van der Waals surface area contributed by atoms with E-state index in [0.717, 1.165) is 0 Å². The Hall–Kier alpha value is -1.79. The molecule has 0 aromatic heterocycles. The minimum absolute atomic E-state index is 0.00174. The van der Waals surface area contributed by atoms with E-state index in [9.17, 15) is 9.90 Å². The van der Waals surface area contributed by atoms with Crippen LogP contribution in [0.2, 0.25) is 0 Å². The van der Waals surface area contributed by atoms with Gasteiger partial charge in [0.15, 0.2) is 5.75 Å². The number of aliphatic hydroxyl groups is 2. The number of carbonyl (C=O) groups excluding carboxylic acids is 1. The van der Waals surface area contributed by atoms with E-state index in [-0.39, 0.29) is 17.0 Å². The van der Waals surface area contributed by atoms with Gasteiger partial charge in [0.25, 0.3) is 5.91 Å². The van der Waals surface area contributed by atoms with Gasteiger partial charge in [-0.25, -0.2) is 0 Å². The Morgan fingerprint density at radius 3 is 2.53 bits per heavy atom. The molecule has 0 bridgehead atoms. The maximum absolute atomic E-state index is 11.8. The van der Waals surface area contributed by atoms with Gasteiger partial charge in [0.1, 0.15) is 0 Å². The molecule has 6 N–H and O–H groups in total. The minimum Gasteiger partial charge on any atom is -0.505 e. The lowest BCUT2D eigenvalue weighted by atomic mass is 10.0. The zero-order valence-corrected chi connectivity index (χ0v) is 9.47. The Morgan fingerprint density at radius 2 is 2.00 bits per heavy atom. The molecule has 0 radical (unpaired) electrons. The maximum Gasteiger partial charge on any atom is 0.255 e. The summed E-state index contributed by atoms with van der Waals surface area (Å²) >= 11 is 0. The van der Waals surface area contributed by atoms with Crippen LogP contribution in [0.5, 0.6) is 5.75 Å². The number of phenols is 1. The number of hydrogen-bond acceptors (Lipinski definition) is 5. The van der Waals surface area contributed by atoms with Crippen LogP contribution in [-0.4, -0.2) is 40.0 Å². The molecule has 94 valence electrons.